The van der Waals surface area contributed by atoms with E-state index in [9.17, 15) is 4.79 Å². The number of aliphatic carboxylic acids is 1. The Morgan fingerprint density at radius 2 is 2.44 bits per heavy atom. The number of carbonyl (C=O) groups is 1. The fraction of sp³-hybridized carbons (Fsp3) is 0.400. The lowest BCUT2D eigenvalue weighted by Gasteiger charge is -1.92. The summed E-state index contributed by atoms with van der Waals surface area (Å²) in [5.41, 5.74) is 1.28. The van der Waals surface area contributed by atoms with Gasteiger partial charge in [-0.15, -0.1) is 0 Å². The first-order valence-electron chi connectivity index (χ1n) is 2.32. The first-order valence-corrected chi connectivity index (χ1v) is 2.75. The zero-order valence-corrected chi connectivity index (χ0v) is 5.47. The molecule has 4 heteroatoms. The summed E-state index contributed by atoms with van der Waals surface area (Å²) in [5, 5.41) is 8.03. The molecule has 0 aromatic carbocycles. The van der Waals surface area contributed by atoms with Crippen LogP contribution in [-0.4, -0.2) is 24.3 Å². The van der Waals surface area contributed by atoms with Crippen molar-refractivity contribution >= 4 is 17.6 Å². The molecule has 0 saturated carbocycles. The van der Waals surface area contributed by atoms with E-state index in [1.807, 2.05) is 0 Å². The number of ether oxygens (including phenoxy) is 1. The second-order valence-corrected chi connectivity index (χ2v) is 1.52. The zero-order valence-electron chi connectivity index (χ0n) is 4.71. The molecule has 0 spiro atoms. The van der Waals surface area contributed by atoms with Crippen LogP contribution in [0.3, 0.4) is 0 Å². The van der Waals surface area contributed by atoms with Crippen molar-refractivity contribution in [2.75, 3.05) is 13.2 Å². The summed E-state index contributed by atoms with van der Waals surface area (Å²) in [7, 11) is 0. The van der Waals surface area contributed by atoms with Crippen LogP contribution in [0, 0.1) is 0 Å². The molecule has 3 nitrogen and oxygen atoms in total. The summed E-state index contributed by atoms with van der Waals surface area (Å²) in [4.78, 5) is 9.78. The number of hydrogen-bond acceptors (Lipinski definition) is 2. The van der Waals surface area contributed by atoms with Crippen molar-refractivity contribution in [1.29, 1.82) is 0 Å². The zero-order chi connectivity index (χ0) is 7.11. The minimum absolute atomic E-state index is 0.246. The molecule has 0 amide bonds. The summed E-state index contributed by atoms with van der Waals surface area (Å²) >= 11 is 5.11. The lowest BCUT2D eigenvalue weighted by atomic mass is 10.7. The average Bonchev–Trinajstić information content (AvgIpc) is 1.80. The van der Waals surface area contributed by atoms with Crippen molar-refractivity contribution < 1.29 is 14.6 Å². The van der Waals surface area contributed by atoms with E-state index in [0.717, 1.165) is 0 Å². The molecule has 0 aliphatic rings. The Labute approximate surface area is 57.9 Å². The average molecular weight is 151 g/mol. The lowest BCUT2D eigenvalue weighted by Crippen LogP contribution is -2.06. The third kappa shape index (κ3) is 7.46. The summed E-state index contributed by atoms with van der Waals surface area (Å²) < 4.78 is 4.56. The van der Waals surface area contributed by atoms with Gasteiger partial charge in [-0.25, -0.2) is 4.79 Å². The number of carboxylic acids is 1. The highest BCUT2D eigenvalue weighted by Gasteiger charge is 1.91. The molecule has 9 heavy (non-hydrogen) atoms. The molecule has 0 aliphatic carbocycles. The van der Waals surface area contributed by atoms with Gasteiger partial charge < -0.3 is 9.84 Å². The minimum Gasteiger partial charge on any atom is -0.480 e. The van der Waals surface area contributed by atoms with Gasteiger partial charge in [0.2, 0.25) is 0 Å². The maximum Gasteiger partial charge on any atom is 0.329 e. The van der Waals surface area contributed by atoms with Gasteiger partial charge in [0, 0.05) is 5.54 Å². The molecule has 0 radical (unpaired) electrons. The van der Waals surface area contributed by atoms with Crippen LogP contribution in [0.25, 0.3) is 0 Å². The Balaban J connectivity index is 3.01. The van der Waals surface area contributed by atoms with E-state index in [-0.39, 0.29) is 13.2 Å². The molecule has 52 valence electrons. The molecule has 0 aromatic rings. The highest BCUT2D eigenvalue weighted by atomic mass is 35.5. The molecule has 0 saturated heterocycles. The monoisotopic (exact) mass is 150 g/mol. The quantitative estimate of drug-likeness (QED) is 0.604. The molecular weight excluding hydrogens is 144 g/mol. The van der Waals surface area contributed by atoms with Gasteiger partial charge >= 0.3 is 5.97 Å². The van der Waals surface area contributed by atoms with Crippen LogP contribution in [0.5, 0.6) is 0 Å². The normalized spacial score (nSPS) is 10.3. The molecule has 0 atom stereocenters. The topological polar surface area (TPSA) is 46.5 Å². The van der Waals surface area contributed by atoms with E-state index in [1.165, 1.54) is 11.6 Å². The SMILES string of the molecule is O=C(O)COC/C=C/Cl. The maximum atomic E-state index is 9.78. The van der Waals surface area contributed by atoms with E-state index in [1.54, 1.807) is 0 Å². The molecule has 0 unspecified atom stereocenters. The van der Waals surface area contributed by atoms with Gasteiger partial charge in [-0.3, -0.25) is 0 Å². The van der Waals surface area contributed by atoms with Gasteiger partial charge in [0.25, 0.3) is 0 Å². The van der Waals surface area contributed by atoms with Gasteiger partial charge in [0.05, 0.1) is 6.61 Å². The first kappa shape index (κ1) is 8.46. The molecule has 0 aromatic heterocycles. The Kier molecular flexibility index (Phi) is 5.26. The van der Waals surface area contributed by atoms with E-state index in [4.69, 9.17) is 16.7 Å². The predicted molar refractivity (Wildman–Crippen MR) is 33.4 cm³/mol. The predicted octanol–water partition coefficient (Wildman–Crippen LogP) is 0.840. The van der Waals surface area contributed by atoms with Crippen molar-refractivity contribution in [3.05, 3.63) is 11.6 Å². The molecule has 0 fully saturated rings. The minimum atomic E-state index is -0.974. The largest absolute Gasteiger partial charge is 0.480 e. The van der Waals surface area contributed by atoms with Gasteiger partial charge in [-0.2, -0.15) is 0 Å². The first-order chi connectivity index (χ1) is 4.27. The van der Waals surface area contributed by atoms with E-state index in [2.05, 4.69) is 4.74 Å². The fourth-order valence-corrected chi connectivity index (χ4v) is 0.323. The molecule has 0 rings (SSSR count). The molecule has 0 bridgehead atoms. The van der Waals surface area contributed by atoms with E-state index < -0.39 is 5.97 Å². The van der Waals surface area contributed by atoms with Gasteiger partial charge in [-0.1, -0.05) is 11.6 Å². The van der Waals surface area contributed by atoms with Gasteiger partial charge in [0.15, 0.2) is 0 Å². The third-order valence-electron chi connectivity index (χ3n) is 0.529. The van der Waals surface area contributed by atoms with Crippen molar-refractivity contribution in [1.82, 2.24) is 0 Å². The maximum absolute atomic E-state index is 9.78. The fourth-order valence-electron chi connectivity index (χ4n) is 0.251. The van der Waals surface area contributed by atoms with Crippen LogP contribution >= 0.6 is 11.6 Å². The number of rotatable bonds is 4. The van der Waals surface area contributed by atoms with Gasteiger partial charge in [-0.05, 0) is 6.08 Å². The second kappa shape index (κ2) is 5.59. The summed E-state index contributed by atoms with van der Waals surface area (Å²) in [5.74, 6) is -0.974. The molecule has 1 N–H and O–H groups in total. The van der Waals surface area contributed by atoms with E-state index in [0.29, 0.717) is 0 Å². The Bertz CT molecular complexity index is 111. The number of carboxylic acid groups (broad SMARTS) is 1. The Hall–Kier alpha value is -0.540. The summed E-state index contributed by atoms with van der Waals surface area (Å²) in [6, 6.07) is 0. The molecule has 0 aliphatic heterocycles. The number of halogens is 1. The highest BCUT2D eigenvalue weighted by Crippen LogP contribution is 1.80. The lowest BCUT2D eigenvalue weighted by molar-refractivity contribution is -0.141. The summed E-state index contributed by atoms with van der Waals surface area (Å²) in [6.07, 6.45) is 1.52. The second-order valence-electron chi connectivity index (χ2n) is 1.27. The van der Waals surface area contributed by atoms with Crippen molar-refractivity contribution in [2.24, 2.45) is 0 Å². The highest BCUT2D eigenvalue weighted by molar-refractivity contribution is 6.25. The Morgan fingerprint density at radius 1 is 1.78 bits per heavy atom. The molecular formula is C5H7ClO3. The van der Waals surface area contributed by atoms with Gasteiger partial charge in [0.1, 0.15) is 6.61 Å². The third-order valence-corrected chi connectivity index (χ3v) is 0.707. The van der Waals surface area contributed by atoms with Crippen LogP contribution < -0.4 is 0 Å². The van der Waals surface area contributed by atoms with Crippen LogP contribution in [0.1, 0.15) is 0 Å². The van der Waals surface area contributed by atoms with Crippen LogP contribution in [0.15, 0.2) is 11.6 Å². The van der Waals surface area contributed by atoms with Crippen LogP contribution in [-0.2, 0) is 9.53 Å². The van der Waals surface area contributed by atoms with Crippen molar-refractivity contribution in [3.63, 3.8) is 0 Å². The standard InChI is InChI=1S/C5H7ClO3/c6-2-1-3-9-4-5(7)8/h1-2H,3-4H2,(H,7,8)/b2-1+. The van der Waals surface area contributed by atoms with Crippen molar-refractivity contribution in [3.8, 4) is 0 Å². The smallest absolute Gasteiger partial charge is 0.329 e. The molecule has 0 heterocycles. The van der Waals surface area contributed by atoms with Crippen LogP contribution in [0.2, 0.25) is 0 Å². The number of hydrogen-bond donors (Lipinski definition) is 1. The Morgan fingerprint density at radius 3 is 2.89 bits per heavy atom. The van der Waals surface area contributed by atoms with Crippen molar-refractivity contribution in [2.45, 2.75) is 0 Å². The van der Waals surface area contributed by atoms with E-state index >= 15 is 0 Å². The van der Waals surface area contributed by atoms with Crippen LogP contribution in [0.4, 0.5) is 0 Å². The summed E-state index contributed by atoms with van der Waals surface area (Å²) in [6.45, 7) is -0.0307.